The van der Waals surface area contributed by atoms with Crippen LogP contribution in [0.1, 0.15) is 0 Å². The molecule has 43 heavy (non-hydrogen) atoms. The number of rotatable bonds is 4. The van der Waals surface area contributed by atoms with E-state index in [0.717, 1.165) is 55.2 Å². The van der Waals surface area contributed by atoms with E-state index in [9.17, 15) is 0 Å². The van der Waals surface area contributed by atoms with Gasteiger partial charge in [0.2, 0.25) is 11.4 Å². The Balaban J connectivity index is 1.32. The number of furan rings is 2. The Hall–Kier alpha value is -5.94. The number of pyridine rings is 2. The maximum atomic E-state index is 6.20. The lowest BCUT2D eigenvalue weighted by Gasteiger charge is -2.26. The van der Waals surface area contributed by atoms with Gasteiger partial charge in [-0.2, -0.15) is 0 Å². The zero-order valence-corrected chi connectivity index (χ0v) is 22.9. The summed E-state index contributed by atoms with van der Waals surface area (Å²) in [5.74, 6) is 0. The number of anilines is 3. The van der Waals surface area contributed by atoms with E-state index in [1.165, 1.54) is 16.5 Å². The van der Waals surface area contributed by atoms with E-state index in [0.29, 0.717) is 11.4 Å². The van der Waals surface area contributed by atoms with E-state index in [1.807, 2.05) is 54.7 Å². The summed E-state index contributed by atoms with van der Waals surface area (Å²) < 4.78 is 12.3. The lowest BCUT2D eigenvalue weighted by molar-refractivity contribution is 0.653. The van der Waals surface area contributed by atoms with Gasteiger partial charge in [-0.1, -0.05) is 84.9 Å². The SMILES string of the molecule is c1ccc(-c2ccc3ccc(N(c4cnc5oc6ccccc6c5c4)c4ccnc5oc6ccccc6c45)cc3c2)cc1. The van der Waals surface area contributed by atoms with Gasteiger partial charge in [-0.3, -0.25) is 0 Å². The quantitative estimate of drug-likeness (QED) is 0.217. The Bertz CT molecular complexity index is 2480. The van der Waals surface area contributed by atoms with Crippen LogP contribution in [-0.2, 0) is 0 Å². The summed E-state index contributed by atoms with van der Waals surface area (Å²) in [6.45, 7) is 0. The van der Waals surface area contributed by atoms with Crippen molar-refractivity contribution < 1.29 is 8.83 Å². The standard InChI is InChI=1S/C38H23N3O2/c1-2-8-24(9-3-1)26-15-14-25-16-17-28(21-27(25)20-26)41(29-22-32-30-10-4-6-12-34(30)42-37(32)40-23-29)33-18-19-39-38-36(33)31-11-5-7-13-35(31)43-38/h1-23H. The molecule has 0 fully saturated rings. The number of hydrogen-bond acceptors (Lipinski definition) is 5. The molecule has 0 aliphatic heterocycles. The van der Waals surface area contributed by atoms with Crippen molar-refractivity contribution in [2.75, 3.05) is 4.90 Å². The number of nitrogens with zero attached hydrogens (tertiary/aromatic N) is 3. The van der Waals surface area contributed by atoms with Crippen molar-refractivity contribution in [3.63, 3.8) is 0 Å². The molecule has 0 radical (unpaired) electrons. The molecule has 0 aliphatic carbocycles. The molecule has 0 unspecified atom stereocenters. The fourth-order valence-corrected chi connectivity index (χ4v) is 6.15. The first-order valence-electron chi connectivity index (χ1n) is 14.2. The van der Waals surface area contributed by atoms with Crippen LogP contribution in [0, 0.1) is 0 Å². The van der Waals surface area contributed by atoms with Gasteiger partial charge in [0, 0.05) is 22.7 Å². The Morgan fingerprint density at radius 1 is 0.488 bits per heavy atom. The van der Waals surface area contributed by atoms with Crippen LogP contribution in [0.15, 0.2) is 149 Å². The molecule has 5 aromatic carbocycles. The Morgan fingerprint density at radius 3 is 2.12 bits per heavy atom. The third-order valence-electron chi connectivity index (χ3n) is 8.17. The predicted octanol–water partition coefficient (Wildman–Crippen LogP) is 10.6. The second-order valence-electron chi connectivity index (χ2n) is 10.7. The highest BCUT2D eigenvalue weighted by Gasteiger charge is 2.22. The highest BCUT2D eigenvalue weighted by Crippen LogP contribution is 2.44. The fraction of sp³-hybridized carbons (Fsp3) is 0. The third kappa shape index (κ3) is 3.79. The van der Waals surface area contributed by atoms with E-state index in [-0.39, 0.29) is 0 Å². The van der Waals surface area contributed by atoms with Crippen molar-refractivity contribution in [2.24, 2.45) is 0 Å². The summed E-state index contributed by atoms with van der Waals surface area (Å²) in [4.78, 5) is 11.6. The van der Waals surface area contributed by atoms with E-state index >= 15 is 0 Å². The van der Waals surface area contributed by atoms with Gasteiger partial charge in [0.05, 0.1) is 28.3 Å². The van der Waals surface area contributed by atoms with Crippen LogP contribution >= 0.6 is 0 Å². The van der Waals surface area contributed by atoms with Gasteiger partial charge in [0.1, 0.15) is 11.2 Å². The Morgan fingerprint density at radius 2 is 1.23 bits per heavy atom. The largest absolute Gasteiger partial charge is 0.438 e. The summed E-state index contributed by atoms with van der Waals surface area (Å²) in [6, 6.07) is 44.0. The average Bonchev–Trinajstić information content (AvgIpc) is 3.64. The molecule has 0 bridgehead atoms. The molecule has 0 saturated heterocycles. The normalized spacial score (nSPS) is 11.7. The molecule has 0 saturated carbocycles. The highest BCUT2D eigenvalue weighted by atomic mass is 16.3. The summed E-state index contributed by atoms with van der Waals surface area (Å²) in [7, 11) is 0. The molecule has 0 atom stereocenters. The van der Waals surface area contributed by atoms with Crippen molar-refractivity contribution >= 4 is 72.0 Å². The number of hydrogen-bond donors (Lipinski definition) is 0. The number of benzene rings is 5. The van der Waals surface area contributed by atoms with Crippen molar-refractivity contribution in [3.05, 3.63) is 140 Å². The van der Waals surface area contributed by atoms with Gasteiger partial charge < -0.3 is 13.7 Å². The zero-order valence-electron chi connectivity index (χ0n) is 22.9. The summed E-state index contributed by atoms with van der Waals surface area (Å²) >= 11 is 0. The first kappa shape index (κ1) is 23.7. The minimum Gasteiger partial charge on any atom is -0.438 e. The number of para-hydroxylation sites is 2. The first-order chi connectivity index (χ1) is 21.3. The van der Waals surface area contributed by atoms with Crippen LogP contribution in [0.2, 0.25) is 0 Å². The van der Waals surface area contributed by atoms with Gasteiger partial charge in [-0.25, -0.2) is 9.97 Å². The smallest absolute Gasteiger partial charge is 0.229 e. The molecule has 0 aliphatic rings. The van der Waals surface area contributed by atoms with Crippen LogP contribution in [0.25, 0.3) is 66.0 Å². The van der Waals surface area contributed by atoms with Crippen LogP contribution in [0.3, 0.4) is 0 Å². The summed E-state index contributed by atoms with van der Waals surface area (Å²) in [6.07, 6.45) is 3.69. The molecular formula is C38H23N3O2. The fourth-order valence-electron chi connectivity index (χ4n) is 6.15. The van der Waals surface area contributed by atoms with Crippen LogP contribution in [0.4, 0.5) is 17.1 Å². The van der Waals surface area contributed by atoms with Gasteiger partial charge in [-0.15, -0.1) is 0 Å². The molecule has 4 heterocycles. The van der Waals surface area contributed by atoms with Gasteiger partial charge >= 0.3 is 0 Å². The van der Waals surface area contributed by atoms with Crippen molar-refractivity contribution in [2.45, 2.75) is 0 Å². The predicted molar refractivity (Wildman–Crippen MR) is 174 cm³/mol. The first-order valence-corrected chi connectivity index (χ1v) is 14.2. The minimum absolute atomic E-state index is 0.596. The maximum Gasteiger partial charge on any atom is 0.229 e. The maximum absolute atomic E-state index is 6.20. The van der Waals surface area contributed by atoms with Crippen molar-refractivity contribution in [3.8, 4) is 11.1 Å². The van der Waals surface area contributed by atoms with Gasteiger partial charge in [0.25, 0.3) is 0 Å². The lowest BCUT2D eigenvalue weighted by Crippen LogP contribution is -2.11. The van der Waals surface area contributed by atoms with E-state index in [4.69, 9.17) is 13.8 Å². The van der Waals surface area contributed by atoms with Crippen molar-refractivity contribution in [1.29, 1.82) is 0 Å². The zero-order chi connectivity index (χ0) is 28.3. The van der Waals surface area contributed by atoms with Gasteiger partial charge in [-0.05, 0) is 64.4 Å². The highest BCUT2D eigenvalue weighted by molar-refractivity contribution is 6.13. The topological polar surface area (TPSA) is 55.3 Å². The molecule has 0 spiro atoms. The van der Waals surface area contributed by atoms with Crippen molar-refractivity contribution in [1.82, 2.24) is 9.97 Å². The molecule has 9 rings (SSSR count). The molecular weight excluding hydrogens is 530 g/mol. The molecule has 5 heteroatoms. The molecule has 4 aromatic heterocycles. The monoisotopic (exact) mass is 553 g/mol. The van der Waals surface area contributed by atoms with Crippen LogP contribution in [0.5, 0.6) is 0 Å². The molecule has 0 amide bonds. The van der Waals surface area contributed by atoms with Gasteiger partial charge in [0.15, 0.2) is 0 Å². The summed E-state index contributed by atoms with van der Waals surface area (Å²) in [5.41, 5.74) is 8.08. The number of aromatic nitrogens is 2. The van der Waals surface area contributed by atoms with E-state index < -0.39 is 0 Å². The Kier molecular flexibility index (Phi) is 5.13. The number of fused-ring (bicyclic) bond motifs is 7. The van der Waals surface area contributed by atoms with E-state index in [1.54, 1.807) is 6.20 Å². The molecule has 5 nitrogen and oxygen atoms in total. The van der Waals surface area contributed by atoms with Crippen LogP contribution in [-0.4, -0.2) is 9.97 Å². The third-order valence-corrected chi connectivity index (χ3v) is 8.17. The molecule has 202 valence electrons. The lowest BCUT2D eigenvalue weighted by atomic mass is 10.0. The molecule has 0 N–H and O–H groups in total. The Labute approximate surface area is 246 Å². The average molecular weight is 554 g/mol. The second-order valence-corrected chi connectivity index (χ2v) is 10.7. The van der Waals surface area contributed by atoms with Crippen LogP contribution < -0.4 is 4.90 Å². The van der Waals surface area contributed by atoms with E-state index in [2.05, 4.69) is 88.7 Å². The second kappa shape index (κ2) is 9.29. The molecule has 9 aromatic rings. The minimum atomic E-state index is 0.596. The summed E-state index contributed by atoms with van der Waals surface area (Å²) in [5, 5.41) is 6.29.